The first-order valence-electron chi connectivity index (χ1n) is 5.13. The molecule has 0 atom stereocenters. The Morgan fingerprint density at radius 3 is 2.16 bits per heavy atom. The summed E-state index contributed by atoms with van der Waals surface area (Å²) in [5.74, 6) is 0. The Morgan fingerprint density at radius 1 is 1.21 bits per heavy atom. The van der Waals surface area contributed by atoms with E-state index in [1.54, 1.807) is 12.1 Å². The van der Waals surface area contributed by atoms with Gasteiger partial charge in [0, 0.05) is 18.4 Å². The number of sulfonamides is 1. The van der Waals surface area contributed by atoms with Gasteiger partial charge in [0.25, 0.3) is 0 Å². The number of thiocarbonyl (C=S) groups is 1. The van der Waals surface area contributed by atoms with E-state index >= 15 is 0 Å². The smallest absolute Gasteiger partial charge is 0.247 e. The van der Waals surface area contributed by atoms with Crippen molar-refractivity contribution in [3.05, 3.63) is 29.8 Å². The normalized spacial score (nSPS) is 12.1. The van der Waals surface area contributed by atoms with Crippen LogP contribution >= 0.6 is 12.2 Å². The van der Waals surface area contributed by atoms with Gasteiger partial charge in [-0.3, -0.25) is 4.72 Å². The molecule has 1 aromatic rings. The summed E-state index contributed by atoms with van der Waals surface area (Å²) in [6, 6.07) is 6.37. The third-order valence-electron chi connectivity index (χ3n) is 1.97. The van der Waals surface area contributed by atoms with E-state index in [-0.39, 0.29) is 5.69 Å². The highest BCUT2D eigenvalue weighted by atomic mass is 32.3. The Labute approximate surface area is 118 Å². The van der Waals surface area contributed by atoms with Crippen LogP contribution in [0.5, 0.6) is 0 Å². The molecule has 1 rings (SSSR count). The van der Waals surface area contributed by atoms with Gasteiger partial charge in [-0.05, 0) is 17.7 Å². The maximum absolute atomic E-state index is 11.5. The summed E-state index contributed by atoms with van der Waals surface area (Å²) >= 11 is 4.76. The first-order valence-corrected chi connectivity index (χ1v) is 9.25. The summed E-state index contributed by atoms with van der Waals surface area (Å²) in [6.45, 7) is 0. The molecule has 106 valence electrons. The van der Waals surface area contributed by atoms with Crippen LogP contribution in [0.3, 0.4) is 0 Å². The summed E-state index contributed by atoms with van der Waals surface area (Å²) in [4.78, 5) is 0.338. The van der Waals surface area contributed by atoms with Crippen LogP contribution in [0, 0.1) is 0 Å². The van der Waals surface area contributed by atoms with E-state index in [0.29, 0.717) is 11.4 Å². The lowest BCUT2D eigenvalue weighted by molar-refractivity contribution is 0.595. The molecule has 0 saturated carbocycles. The zero-order valence-corrected chi connectivity index (χ0v) is 12.6. The van der Waals surface area contributed by atoms with Crippen molar-refractivity contribution < 1.29 is 16.8 Å². The van der Waals surface area contributed by atoms with Gasteiger partial charge in [-0.15, -0.1) is 0 Å². The number of benzene rings is 1. The van der Waals surface area contributed by atoms with Gasteiger partial charge in [0.05, 0.1) is 4.99 Å². The van der Waals surface area contributed by atoms with E-state index in [1.165, 1.54) is 12.1 Å². The largest absolute Gasteiger partial charge is 0.393 e. The second-order valence-electron chi connectivity index (χ2n) is 4.10. The number of nitrogens with two attached hydrogens (primary N) is 1. The van der Waals surface area contributed by atoms with E-state index < -0.39 is 24.9 Å². The Balaban J connectivity index is 2.81. The number of nitrogens with one attached hydrogen (secondary N) is 1. The van der Waals surface area contributed by atoms with Crippen molar-refractivity contribution in [2.75, 3.05) is 16.1 Å². The van der Waals surface area contributed by atoms with Crippen LogP contribution < -0.4 is 10.5 Å². The predicted octanol–water partition coefficient (Wildman–Crippen LogP) is 0.259. The van der Waals surface area contributed by atoms with Gasteiger partial charge in [0.2, 0.25) is 10.0 Å². The molecular formula is C10H14N2O4S3. The monoisotopic (exact) mass is 322 g/mol. The van der Waals surface area contributed by atoms with Crippen LogP contribution in [0.4, 0.5) is 5.69 Å². The van der Waals surface area contributed by atoms with E-state index in [9.17, 15) is 16.8 Å². The van der Waals surface area contributed by atoms with Gasteiger partial charge in [-0.1, -0.05) is 24.4 Å². The molecule has 0 bridgehead atoms. The van der Waals surface area contributed by atoms with Gasteiger partial charge < -0.3 is 5.73 Å². The maximum atomic E-state index is 11.5. The lowest BCUT2D eigenvalue weighted by atomic mass is 10.1. The highest BCUT2D eigenvalue weighted by molar-refractivity contribution is 8.08. The average molecular weight is 322 g/mol. The summed E-state index contributed by atoms with van der Waals surface area (Å²) in [7, 11) is -7.53. The standard InChI is InChI=1S/C10H14N2O4S3/c1-18(13,14)7-19(15,16)12-9-4-2-8(3-5-9)6-10(11)17/h2-5,12H,6-7H2,1H3,(H2,11,17). The molecule has 0 aliphatic rings. The molecule has 19 heavy (non-hydrogen) atoms. The Kier molecular flexibility index (Phi) is 4.88. The van der Waals surface area contributed by atoms with Gasteiger partial charge in [0.1, 0.15) is 0 Å². The number of anilines is 1. The van der Waals surface area contributed by atoms with Gasteiger partial charge >= 0.3 is 0 Å². The van der Waals surface area contributed by atoms with E-state index in [2.05, 4.69) is 4.72 Å². The van der Waals surface area contributed by atoms with Crippen molar-refractivity contribution in [3.63, 3.8) is 0 Å². The van der Waals surface area contributed by atoms with Crippen molar-refractivity contribution in [1.29, 1.82) is 0 Å². The average Bonchev–Trinajstić information content (AvgIpc) is 2.15. The molecule has 6 nitrogen and oxygen atoms in total. The fraction of sp³-hybridized carbons (Fsp3) is 0.300. The van der Waals surface area contributed by atoms with Crippen molar-refractivity contribution in [1.82, 2.24) is 0 Å². The minimum atomic E-state index is -3.92. The minimum Gasteiger partial charge on any atom is -0.393 e. The highest BCUT2D eigenvalue weighted by Gasteiger charge is 2.17. The lowest BCUT2D eigenvalue weighted by Gasteiger charge is -2.07. The van der Waals surface area contributed by atoms with Crippen LogP contribution in [0.2, 0.25) is 0 Å². The number of hydrogen-bond donors (Lipinski definition) is 2. The summed E-state index contributed by atoms with van der Waals surface area (Å²) in [5, 5.41) is -0.950. The number of rotatable bonds is 6. The fourth-order valence-corrected chi connectivity index (χ4v) is 4.53. The van der Waals surface area contributed by atoms with Crippen molar-refractivity contribution in [2.45, 2.75) is 6.42 Å². The van der Waals surface area contributed by atoms with Crippen molar-refractivity contribution >= 4 is 42.8 Å². The second-order valence-corrected chi connectivity index (χ2v) is 8.85. The SMILES string of the molecule is CS(=O)(=O)CS(=O)(=O)Nc1ccc(CC(N)=S)cc1. The molecule has 0 unspecified atom stereocenters. The predicted molar refractivity (Wildman–Crippen MR) is 79.2 cm³/mol. The van der Waals surface area contributed by atoms with Gasteiger partial charge in [0.15, 0.2) is 14.9 Å². The molecule has 3 N–H and O–H groups in total. The topological polar surface area (TPSA) is 106 Å². The molecule has 0 radical (unpaired) electrons. The number of hydrogen-bond acceptors (Lipinski definition) is 5. The maximum Gasteiger partial charge on any atom is 0.247 e. The summed E-state index contributed by atoms with van der Waals surface area (Å²) < 4.78 is 47.2. The molecular weight excluding hydrogens is 308 g/mol. The third-order valence-corrected chi connectivity index (χ3v) is 5.62. The number of sulfone groups is 1. The first-order chi connectivity index (χ1) is 8.57. The Bertz CT molecular complexity index is 663. The molecule has 0 aliphatic carbocycles. The van der Waals surface area contributed by atoms with Crippen LogP contribution in [0.1, 0.15) is 5.56 Å². The molecule has 0 aromatic heterocycles. The van der Waals surface area contributed by atoms with Crippen molar-refractivity contribution in [3.8, 4) is 0 Å². The van der Waals surface area contributed by atoms with E-state index in [0.717, 1.165) is 11.8 Å². The minimum absolute atomic E-state index is 0.287. The van der Waals surface area contributed by atoms with Crippen molar-refractivity contribution in [2.24, 2.45) is 5.73 Å². The fourth-order valence-electron chi connectivity index (χ4n) is 1.38. The van der Waals surface area contributed by atoms with Gasteiger partial charge in [-0.2, -0.15) is 0 Å². The summed E-state index contributed by atoms with van der Waals surface area (Å²) in [6.07, 6.45) is 1.28. The molecule has 0 aliphatic heterocycles. The lowest BCUT2D eigenvalue weighted by Crippen LogP contribution is -2.22. The molecule has 9 heteroatoms. The second kappa shape index (κ2) is 5.85. The zero-order chi connectivity index (χ0) is 14.7. The molecule has 0 spiro atoms. The van der Waals surface area contributed by atoms with E-state index in [4.69, 9.17) is 18.0 Å². The molecule has 0 heterocycles. The van der Waals surface area contributed by atoms with Gasteiger partial charge in [-0.25, -0.2) is 16.8 Å². The van der Waals surface area contributed by atoms with Crippen LogP contribution in [-0.2, 0) is 26.3 Å². The molecule has 0 saturated heterocycles. The zero-order valence-electron chi connectivity index (χ0n) is 10.2. The van der Waals surface area contributed by atoms with Crippen LogP contribution in [0.25, 0.3) is 0 Å². The van der Waals surface area contributed by atoms with Crippen LogP contribution in [0.15, 0.2) is 24.3 Å². The summed E-state index contributed by atoms with van der Waals surface area (Å²) in [5.41, 5.74) is 6.52. The third kappa shape index (κ3) is 6.50. The van der Waals surface area contributed by atoms with Crippen LogP contribution in [-0.4, -0.2) is 33.2 Å². The molecule has 1 aromatic carbocycles. The molecule has 0 amide bonds. The highest BCUT2D eigenvalue weighted by Crippen LogP contribution is 2.12. The Morgan fingerprint density at radius 2 is 1.74 bits per heavy atom. The first kappa shape index (κ1) is 15.9. The Hall–Kier alpha value is -1.19. The quantitative estimate of drug-likeness (QED) is 0.728. The molecule has 0 fully saturated rings. The van der Waals surface area contributed by atoms with E-state index in [1.807, 2.05) is 0 Å².